The lowest BCUT2D eigenvalue weighted by molar-refractivity contribution is 0.263. The lowest BCUT2D eigenvalue weighted by Crippen LogP contribution is -2.00. The summed E-state index contributed by atoms with van der Waals surface area (Å²) in [5, 5.41) is 8.56. The molecule has 1 fully saturated rings. The van der Waals surface area contributed by atoms with Crippen molar-refractivity contribution >= 4 is 23.4 Å². The van der Waals surface area contributed by atoms with E-state index in [1.165, 1.54) is 0 Å². The molecule has 2 unspecified atom stereocenters. The maximum absolute atomic E-state index is 8.56. The van der Waals surface area contributed by atoms with Gasteiger partial charge in [-0.3, -0.25) is 0 Å². The summed E-state index contributed by atoms with van der Waals surface area (Å²) in [6.45, 7) is 0.314. The number of aliphatic hydroxyl groups is 1. The molecule has 9 heavy (non-hydrogen) atoms. The van der Waals surface area contributed by atoms with Crippen LogP contribution in [0.25, 0.3) is 0 Å². The minimum absolute atomic E-state index is 0.307. The van der Waals surface area contributed by atoms with Crippen molar-refractivity contribution in [3.05, 3.63) is 0 Å². The first kappa shape index (κ1) is 7.70. The summed E-state index contributed by atoms with van der Waals surface area (Å²) in [5.74, 6) is 1.80. The number of hydrogen-bond donors (Lipinski definition) is 1. The summed E-state index contributed by atoms with van der Waals surface area (Å²) in [7, 11) is 0. The molecule has 0 aromatic carbocycles. The molecule has 0 aliphatic carbocycles. The lowest BCUT2D eigenvalue weighted by Gasteiger charge is -2.02. The Hall–Kier alpha value is 0.600. The van der Waals surface area contributed by atoms with Crippen LogP contribution in [0.2, 0.25) is 0 Å². The Morgan fingerprint density at radius 3 is 2.89 bits per heavy atom. The molecule has 0 saturated carbocycles. The molecule has 1 nitrogen and oxygen atoms in total. The second kappa shape index (κ2) is 3.69. The largest absolute Gasteiger partial charge is 0.396 e. The first-order chi connectivity index (χ1) is 4.33. The molecular formula is C6H11ClOS. The third-order valence-electron chi connectivity index (χ3n) is 1.57. The number of thioether (sulfide) groups is 1. The summed E-state index contributed by atoms with van der Waals surface area (Å²) in [6, 6.07) is 0. The fourth-order valence-electron chi connectivity index (χ4n) is 1.02. The van der Waals surface area contributed by atoms with E-state index in [0.717, 1.165) is 18.6 Å². The second-order valence-electron chi connectivity index (χ2n) is 2.36. The summed E-state index contributed by atoms with van der Waals surface area (Å²) < 4.78 is 0.307. The molecule has 0 bridgehead atoms. The average molecular weight is 167 g/mol. The number of rotatable bonds is 2. The maximum Gasteiger partial charge on any atom is 0.0791 e. The van der Waals surface area contributed by atoms with Gasteiger partial charge in [0.25, 0.3) is 0 Å². The molecule has 0 aromatic rings. The predicted octanol–water partition coefficient (Wildman–Crippen LogP) is 1.69. The van der Waals surface area contributed by atoms with Gasteiger partial charge in [0.15, 0.2) is 0 Å². The Bertz CT molecular complexity index is 87.1. The Morgan fingerprint density at radius 1 is 1.67 bits per heavy atom. The quantitative estimate of drug-likeness (QED) is 0.631. The van der Waals surface area contributed by atoms with E-state index in [1.54, 1.807) is 11.8 Å². The van der Waals surface area contributed by atoms with Crippen LogP contribution < -0.4 is 0 Å². The van der Waals surface area contributed by atoms with Crippen LogP contribution in [0.1, 0.15) is 12.8 Å². The Morgan fingerprint density at radius 2 is 2.44 bits per heavy atom. The summed E-state index contributed by atoms with van der Waals surface area (Å²) in [5.41, 5.74) is 0. The number of aliphatic hydroxyl groups excluding tert-OH is 1. The van der Waals surface area contributed by atoms with E-state index in [9.17, 15) is 0 Å². The molecule has 1 saturated heterocycles. The van der Waals surface area contributed by atoms with Gasteiger partial charge in [-0.1, -0.05) is 0 Å². The lowest BCUT2D eigenvalue weighted by atomic mass is 10.1. The molecule has 0 radical (unpaired) electrons. The van der Waals surface area contributed by atoms with Crippen molar-refractivity contribution in [1.82, 2.24) is 0 Å². The maximum atomic E-state index is 8.56. The van der Waals surface area contributed by atoms with Gasteiger partial charge >= 0.3 is 0 Å². The highest BCUT2D eigenvalue weighted by molar-refractivity contribution is 8.01. The van der Waals surface area contributed by atoms with Crippen molar-refractivity contribution in [2.45, 2.75) is 17.6 Å². The van der Waals surface area contributed by atoms with Gasteiger partial charge in [0.1, 0.15) is 0 Å². The molecule has 0 amide bonds. The van der Waals surface area contributed by atoms with Gasteiger partial charge in [-0.05, 0) is 24.5 Å². The fourth-order valence-corrected chi connectivity index (χ4v) is 2.68. The summed E-state index contributed by atoms with van der Waals surface area (Å²) >= 11 is 7.62. The normalized spacial score (nSPS) is 35.3. The van der Waals surface area contributed by atoms with E-state index in [-0.39, 0.29) is 0 Å². The highest BCUT2D eigenvalue weighted by Gasteiger charge is 2.22. The van der Waals surface area contributed by atoms with Crippen molar-refractivity contribution < 1.29 is 5.11 Å². The van der Waals surface area contributed by atoms with E-state index < -0.39 is 0 Å². The standard InChI is InChI=1S/C6H11ClOS/c7-6-3-5(1-2-8)4-9-6/h5-6,8H,1-4H2. The third-order valence-corrected chi connectivity index (χ3v) is 3.34. The van der Waals surface area contributed by atoms with Gasteiger partial charge < -0.3 is 5.11 Å². The van der Waals surface area contributed by atoms with Crippen molar-refractivity contribution in [1.29, 1.82) is 0 Å². The van der Waals surface area contributed by atoms with Crippen molar-refractivity contribution in [2.75, 3.05) is 12.4 Å². The highest BCUT2D eigenvalue weighted by atomic mass is 35.5. The van der Waals surface area contributed by atoms with Crippen LogP contribution in [0.4, 0.5) is 0 Å². The Labute approximate surface area is 64.8 Å². The summed E-state index contributed by atoms with van der Waals surface area (Å²) in [4.78, 5) is 0. The van der Waals surface area contributed by atoms with Gasteiger partial charge in [0.2, 0.25) is 0 Å². The van der Waals surface area contributed by atoms with Crippen LogP contribution in [-0.4, -0.2) is 22.2 Å². The molecule has 3 heteroatoms. The van der Waals surface area contributed by atoms with E-state index in [4.69, 9.17) is 16.7 Å². The Balaban J connectivity index is 2.14. The second-order valence-corrected chi connectivity index (χ2v) is 4.38. The van der Waals surface area contributed by atoms with Crippen LogP contribution in [0.3, 0.4) is 0 Å². The number of hydrogen-bond acceptors (Lipinski definition) is 2. The van der Waals surface area contributed by atoms with E-state index in [0.29, 0.717) is 17.2 Å². The van der Waals surface area contributed by atoms with Crippen molar-refractivity contribution in [3.63, 3.8) is 0 Å². The minimum atomic E-state index is 0.307. The van der Waals surface area contributed by atoms with Crippen LogP contribution in [0.5, 0.6) is 0 Å². The van der Waals surface area contributed by atoms with Gasteiger partial charge in [-0.25, -0.2) is 0 Å². The zero-order chi connectivity index (χ0) is 6.69. The number of halogens is 1. The van der Waals surface area contributed by atoms with Crippen LogP contribution in [0.15, 0.2) is 0 Å². The molecular weight excluding hydrogens is 156 g/mol. The first-order valence-electron chi connectivity index (χ1n) is 3.19. The van der Waals surface area contributed by atoms with E-state index in [1.807, 2.05) is 0 Å². The van der Waals surface area contributed by atoms with Crippen LogP contribution in [-0.2, 0) is 0 Å². The molecule has 54 valence electrons. The van der Waals surface area contributed by atoms with E-state index in [2.05, 4.69) is 0 Å². The predicted molar refractivity (Wildman–Crippen MR) is 41.9 cm³/mol. The van der Waals surface area contributed by atoms with Crippen molar-refractivity contribution in [2.24, 2.45) is 5.92 Å². The zero-order valence-corrected chi connectivity index (χ0v) is 6.79. The Kier molecular flexibility index (Phi) is 3.16. The molecule has 1 aliphatic rings. The molecule has 1 N–H and O–H groups in total. The molecule has 0 spiro atoms. The minimum Gasteiger partial charge on any atom is -0.396 e. The van der Waals surface area contributed by atoms with Crippen molar-refractivity contribution in [3.8, 4) is 0 Å². The zero-order valence-electron chi connectivity index (χ0n) is 5.22. The number of alkyl halides is 1. The fraction of sp³-hybridized carbons (Fsp3) is 1.00. The highest BCUT2D eigenvalue weighted by Crippen LogP contribution is 2.35. The molecule has 1 aliphatic heterocycles. The molecule has 2 atom stereocenters. The van der Waals surface area contributed by atoms with Gasteiger partial charge in [-0.2, -0.15) is 0 Å². The monoisotopic (exact) mass is 166 g/mol. The SMILES string of the molecule is OCCC1CSC(Cl)C1. The van der Waals surface area contributed by atoms with E-state index >= 15 is 0 Å². The van der Waals surface area contributed by atoms with Gasteiger partial charge in [-0.15, -0.1) is 23.4 Å². The average Bonchev–Trinajstić information content (AvgIpc) is 2.17. The van der Waals surface area contributed by atoms with Crippen LogP contribution in [0, 0.1) is 5.92 Å². The summed E-state index contributed by atoms with van der Waals surface area (Å²) in [6.07, 6.45) is 2.00. The molecule has 1 rings (SSSR count). The molecule has 0 aromatic heterocycles. The third kappa shape index (κ3) is 2.36. The topological polar surface area (TPSA) is 20.2 Å². The first-order valence-corrected chi connectivity index (χ1v) is 4.68. The van der Waals surface area contributed by atoms with Gasteiger partial charge in [0.05, 0.1) is 4.71 Å². The smallest absolute Gasteiger partial charge is 0.0791 e. The molecule has 1 heterocycles. The van der Waals surface area contributed by atoms with Crippen LogP contribution >= 0.6 is 23.4 Å². The van der Waals surface area contributed by atoms with Gasteiger partial charge in [0, 0.05) is 6.61 Å².